The molecule has 1 aliphatic heterocycles. The van der Waals surface area contributed by atoms with Gasteiger partial charge < -0.3 is 10.4 Å². The Kier molecular flexibility index (Phi) is 4.93. The van der Waals surface area contributed by atoms with Crippen LogP contribution in [0.25, 0.3) is 0 Å². The lowest BCUT2D eigenvalue weighted by Crippen LogP contribution is -2.41. The van der Waals surface area contributed by atoms with E-state index in [1.165, 1.54) is 9.88 Å². The number of rotatable bonds is 5. The molecule has 0 radical (unpaired) electrons. The molecule has 2 heterocycles. The van der Waals surface area contributed by atoms with Gasteiger partial charge in [-0.05, 0) is 26.0 Å². The summed E-state index contributed by atoms with van der Waals surface area (Å²) in [6.07, 6.45) is 0.899. The second kappa shape index (κ2) is 6.12. The van der Waals surface area contributed by atoms with Crippen LogP contribution in [0.4, 0.5) is 0 Å². The Morgan fingerprint density at radius 2 is 2.16 bits per heavy atom. The summed E-state index contributed by atoms with van der Waals surface area (Å²) < 4.78 is 0. The molecule has 1 fully saturated rings. The number of thiazole rings is 1. The smallest absolute Gasteiger partial charge is 0.0956 e. The highest BCUT2D eigenvalue weighted by Gasteiger charge is 2.32. The average Bonchev–Trinajstić information content (AvgIpc) is 2.93. The number of nitrogens with zero attached hydrogens (tertiary/aromatic N) is 1. The van der Waals surface area contributed by atoms with E-state index in [1.807, 2.05) is 11.8 Å². The minimum absolute atomic E-state index is 0.264. The predicted octanol–water partition coefficient (Wildman–Crippen LogP) is 3.09. The Morgan fingerprint density at radius 1 is 1.42 bits per heavy atom. The largest absolute Gasteiger partial charge is 0.388 e. The summed E-state index contributed by atoms with van der Waals surface area (Å²) in [5.74, 6) is 2.41. The highest BCUT2D eigenvalue weighted by atomic mass is 32.2. The van der Waals surface area contributed by atoms with E-state index in [2.05, 4.69) is 38.0 Å². The van der Waals surface area contributed by atoms with Gasteiger partial charge in [-0.3, -0.25) is 0 Å². The summed E-state index contributed by atoms with van der Waals surface area (Å²) in [7, 11) is 0. The van der Waals surface area contributed by atoms with Crippen LogP contribution in [0.15, 0.2) is 0 Å². The topological polar surface area (TPSA) is 45.2 Å². The van der Waals surface area contributed by atoms with Crippen molar-refractivity contribution in [2.45, 2.75) is 51.7 Å². The van der Waals surface area contributed by atoms with Gasteiger partial charge in [-0.15, -0.1) is 11.3 Å². The van der Waals surface area contributed by atoms with Crippen molar-refractivity contribution in [1.29, 1.82) is 0 Å². The van der Waals surface area contributed by atoms with Crippen molar-refractivity contribution >= 4 is 23.1 Å². The highest BCUT2D eigenvalue weighted by Crippen LogP contribution is 2.31. The van der Waals surface area contributed by atoms with Crippen molar-refractivity contribution in [2.24, 2.45) is 0 Å². The molecule has 0 aliphatic carbocycles. The monoisotopic (exact) mass is 300 g/mol. The molecule has 1 saturated heterocycles. The second-order valence-electron chi connectivity index (χ2n) is 5.79. The van der Waals surface area contributed by atoms with Crippen LogP contribution >= 0.6 is 23.1 Å². The van der Waals surface area contributed by atoms with Crippen LogP contribution < -0.4 is 5.32 Å². The van der Waals surface area contributed by atoms with E-state index in [9.17, 15) is 5.11 Å². The Balaban J connectivity index is 1.97. The lowest BCUT2D eigenvalue weighted by Gasteiger charge is -2.24. The normalized spacial score (nSPS) is 25.2. The average molecular weight is 300 g/mol. The summed E-state index contributed by atoms with van der Waals surface area (Å²) in [5, 5.41) is 15.0. The van der Waals surface area contributed by atoms with E-state index >= 15 is 0 Å². The maximum Gasteiger partial charge on any atom is 0.0956 e. The minimum Gasteiger partial charge on any atom is -0.388 e. The molecule has 108 valence electrons. The van der Waals surface area contributed by atoms with E-state index in [0.29, 0.717) is 12.5 Å². The third-order valence-corrected chi connectivity index (χ3v) is 6.43. The van der Waals surface area contributed by atoms with Gasteiger partial charge in [-0.1, -0.05) is 13.8 Å². The van der Waals surface area contributed by atoms with Crippen molar-refractivity contribution in [3.63, 3.8) is 0 Å². The van der Waals surface area contributed by atoms with Crippen molar-refractivity contribution in [1.82, 2.24) is 10.3 Å². The van der Waals surface area contributed by atoms with Crippen LogP contribution in [-0.2, 0) is 0 Å². The van der Waals surface area contributed by atoms with Crippen LogP contribution in [0.5, 0.6) is 0 Å². The molecule has 3 nitrogen and oxygen atoms in total. The molecular weight excluding hydrogens is 276 g/mol. The Hall–Kier alpha value is -0.100. The molecule has 19 heavy (non-hydrogen) atoms. The number of aliphatic hydroxyl groups is 1. The summed E-state index contributed by atoms with van der Waals surface area (Å²) in [4.78, 5) is 5.94. The molecule has 0 unspecified atom stereocenters. The number of nitrogens with one attached hydrogen (secondary N) is 1. The van der Waals surface area contributed by atoms with Gasteiger partial charge in [0, 0.05) is 29.1 Å². The molecule has 2 atom stereocenters. The predicted molar refractivity (Wildman–Crippen MR) is 84.2 cm³/mol. The zero-order chi connectivity index (χ0) is 14.0. The highest BCUT2D eigenvalue weighted by molar-refractivity contribution is 7.99. The summed E-state index contributed by atoms with van der Waals surface area (Å²) in [6.45, 7) is 9.28. The first-order chi connectivity index (χ1) is 8.91. The Morgan fingerprint density at radius 3 is 2.68 bits per heavy atom. The van der Waals surface area contributed by atoms with Gasteiger partial charge in [0.1, 0.15) is 0 Å². The fourth-order valence-corrected chi connectivity index (χ4v) is 4.64. The third-order valence-electron chi connectivity index (χ3n) is 3.56. The molecule has 0 spiro atoms. The van der Waals surface area contributed by atoms with E-state index < -0.39 is 5.60 Å². The maximum absolute atomic E-state index is 10.4. The minimum atomic E-state index is -0.515. The van der Waals surface area contributed by atoms with E-state index in [-0.39, 0.29) is 6.04 Å². The summed E-state index contributed by atoms with van der Waals surface area (Å²) in [6, 6.07) is 0.264. The van der Waals surface area contributed by atoms with Gasteiger partial charge in [-0.2, -0.15) is 11.8 Å². The first-order valence-corrected chi connectivity index (χ1v) is 8.89. The van der Waals surface area contributed by atoms with Crippen molar-refractivity contribution in [3.8, 4) is 0 Å². The fraction of sp³-hybridized carbons (Fsp3) is 0.786. The molecule has 2 rings (SSSR count). The van der Waals surface area contributed by atoms with Crippen LogP contribution in [0.2, 0.25) is 0 Å². The Bertz CT molecular complexity index is 425. The van der Waals surface area contributed by atoms with Gasteiger partial charge in [0.2, 0.25) is 0 Å². The molecule has 2 N–H and O–H groups in total. The first-order valence-electron chi connectivity index (χ1n) is 6.92. The Labute approximate surface area is 124 Å². The van der Waals surface area contributed by atoms with Gasteiger partial charge in [0.05, 0.1) is 16.3 Å². The first kappa shape index (κ1) is 15.3. The van der Waals surface area contributed by atoms with E-state index in [1.54, 1.807) is 11.3 Å². The molecular formula is C14H24N2OS2. The number of hydrogen-bond acceptors (Lipinski definition) is 5. The zero-order valence-corrected chi connectivity index (χ0v) is 13.8. The molecule has 0 bridgehead atoms. The standard InChI is InChI=1S/C14H24N2OS2/c1-9(2)13-16-11(4)12(19-13)10(3)15-7-14(17)5-6-18-8-14/h9-10,15,17H,5-8H2,1-4H3/t10-,14+/m1/s1. The molecule has 0 amide bonds. The number of aromatic nitrogens is 1. The second-order valence-corrected chi connectivity index (χ2v) is 7.95. The number of aryl methyl sites for hydroxylation is 1. The summed E-state index contributed by atoms with van der Waals surface area (Å²) >= 11 is 3.64. The fourth-order valence-electron chi connectivity index (χ4n) is 2.25. The van der Waals surface area contributed by atoms with Crippen molar-refractivity contribution < 1.29 is 5.11 Å². The molecule has 5 heteroatoms. The number of hydrogen-bond donors (Lipinski definition) is 2. The molecule has 1 aromatic rings. The van der Waals surface area contributed by atoms with Crippen LogP contribution in [-0.4, -0.2) is 33.7 Å². The maximum atomic E-state index is 10.4. The van der Waals surface area contributed by atoms with E-state index in [0.717, 1.165) is 23.6 Å². The van der Waals surface area contributed by atoms with Gasteiger partial charge in [0.25, 0.3) is 0 Å². The summed E-state index contributed by atoms with van der Waals surface area (Å²) in [5.41, 5.74) is 0.611. The molecule has 0 saturated carbocycles. The number of thioether (sulfide) groups is 1. The van der Waals surface area contributed by atoms with Crippen LogP contribution in [0.3, 0.4) is 0 Å². The zero-order valence-electron chi connectivity index (χ0n) is 12.2. The van der Waals surface area contributed by atoms with E-state index in [4.69, 9.17) is 0 Å². The third kappa shape index (κ3) is 3.72. The van der Waals surface area contributed by atoms with Gasteiger partial charge in [0.15, 0.2) is 0 Å². The molecule has 1 aromatic heterocycles. The van der Waals surface area contributed by atoms with Crippen LogP contribution in [0.1, 0.15) is 54.7 Å². The lowest BCUT2D eigenvalue weighted by atomic mass is 10.0. The van der Waals surface area contributed by atoms with Gasteiger partial charge in [-0.25, -0.2) is 4.98 Å². The van der Waals surface area contributed by atoms with Crippen molar-refractivity contribution in [2.75, 3.05) is 18.1 Å². The van der Waals surface area contributed by atoms with Crippen molar-refractivity contribution in [3.05, 3.63) is 15.6 Å². The quantitative estimate of drug-likeness (QED) is 0.877. The lowest BCUT2D eigenvalue weighted by molar-refractivity contribution is 0.0652. The van der Waals surface area contributed by atoms with Crippen LogP contribution in [0, 0.1) is 6.92 Å². The SMILES string of the molecule is Cc1nc(C(C)C)sc1[C@@H](C)NC[C@@]1(O)CCSC1. The molecule has 1 aliphatic rings. The molecule has 0 aromatic carbocycles. The van der Waals surface area contributed by atoms with Gasteiger partial charge >= 0.3 is 0 Å².